The summed E-state index contributed by atoms with van der Waals surface area (Å²) in [5, 5.41) is 0.411. The Hall–Kier alpha value is -0.230. The highest BCUT2D eigenvalue weighted by Gasteiger charge is 2.64. The van der Waals surface area contributed by atoms with Crippen LogP contribution in [-0.2, 0) is 9.84 Å². The van der Waals surface area contributed by atoms with Crippen molar-refractivity contribution in [3.8, 4) is 0 Å². The Balaban J connectivity index is 2.34. The number of sulfone groups is 1. The van der Waals surface area contributed by atoms with Crippen LogP contribution in [0.25, 0.3) is 0 Å². The predicted molar refractivity (Wildman–Crippen MR) is 49.8 cm³/mol. The first-order valence-electron chi connectivity index (χ1n) is 3.64. The summed E-state index contributed by atoms with van der Waals surface area (Å²) in [6.45, 7) is 0.575. The van der Waals surface area contributed by atoms with Crippen molar-refractivity contribution in [1.29, 1.82) is 0 Å². The van der Waals surface area contributed by atoms with Crippen molar-refractivity contribution in [2.75, 3.05) is 12.8 Å². The molecule has 1 saturated carbocycles. The van der Waals surface area contributed by atoms with E-state index in [9.17, 15) is 8.42 Å². The van der Waals surface area contributed by atoms with Gasteiger partial charge in [-0.3, -0.25) is 4.99 Å². The second kappa shape index (κ2) is 2.17. The summed E-state index contributed by atoms with van der Waals surface area (Å²) >= 11 is 1.21. The number of rotatable bonds is 1. The number of amidine groups is 1. The Kier molecular flexibility index (Phi) is 1.51. The van der Waals surface area contributed by atoms with Gasteiger partial charge in [0.05, 0.1) is 0 Å². The largest absolute Gasteiger partial charge is 0.378 e. The van der Waals surface area contributed by atoms with Crippen LogP contribution in [-0.4, -0.2) is 30.5 Å². The van der Waals surface area contributed by atoms with Crippen LogP contribution in [0.15, 0.2) is 4.99 Å². The van der Waals surface area contributed by atoms with Gasteiger partial charge in [-0.25, -0.2) is 8.42 Å². The van der Waals surface area contributed by atoms with Crippen LogP contribution in [0.2, 0.25) is 0 Å². The van der Waals surface area contributed by atoms with Gasteiger partial charge in [0.1, 0.15) is 4.08 Å². The van der Waals surface area contributed by atoms with Gasteiger partial charge >= 0.3 is 0 Å². The fourth-order valence-electron chi connectivity index (χ4n) is 1.55. The molecule has 68 valence electrons. The van der Waals surface area contributed by atoms with E-state index in [1.54, 1.807) is 0 Å². The molecule has 2 atom stereocenters. The first kappa shape index (κ1) is 8.37. The number of hydrogen-bond donors (Lipinski definition) is 1. The minimum Gasteiger partial charge on any atom is -0.378 e. The Morgan fingerprint density at radius 3 is 2.92 bits per heavy atom. The average molecular weight is 206 g/mol. The molecule has 1 aliphatic heterocycles. The zero-order valence-corrected chi connectivity index (χ0v) is 8.28. The van der Waals surface area contributed by atoms with E-state index in [4.69, 9.17) is 5.73 Å². The quantitative estimate of drug-likeness (QED) is 0.645. The highest BCUT2D eigenvalue weighted by molar-refractivity contribution is 8.24. The maximum Gasteiger partial charge on any atom is 0.163 e. The van der Waals surface area contributed by atoms with Gasteiger partial charge < -0.3 is 5.73 Å². The fraction of sp³-hybridized carbons (Fsp3) is 0.833. The van der Waals surface area contributed by atoms with Crippen LogP contribution in [0.4, 0.5) is 0 Å². The van der Waals surface area contributed by atoms with Crippen LogP contribution in [0, 0.1) is 5.92 Å². The van der Waals surface area contributed by atoms with E-state index < -0.39 is 13.9 Å². The molecular formula is C6H10N2O2S2. The number of thioether (sulfide) groups is 1. The van der Waals surface area contributed by atoms with Crippen molar-refractivity contribution in [3.63, 3.8) is 0 Å². The molecule has 0 bridgehead atoms. The van der Waals surface area contributed by atoms with Crippen LogP contribution in [0.5, 0.6) is 0 Å². The van der Waals surface area contributed by atoms with E-state index in [1.165, 1.54) is 18.0 Å². The summed E-state index contributed by atoms with van der Waals surface area (Å²) < 4.78 is 22.1. The van der Waals surface area contributed by atoms with Crippen molar-refractivity contribution in [1.82, 2.24) is 0 Å². The maximum absolute atomic E-state index is 11.4. The number of hydrogen-bond acceptors (Lipinski definition) is 5. The lowest BCUT2D eigenvalue weighted by Crippen LogP contribution is -2.29. The Morgan fingerprint density at radius 2 is 2.42 bits per heavy atom. The highest BCUT2D eigenvalue weighted by atomic mass is 32.3. The topological polar surface area (TPSA) is 72.5 Å². The Morgan fingerprint density at radius 1 is 1.75 bits per heavy atom. The first-order chi connectivity index (χ1) is 5.46. The zero-order chi connectivity index (χ0) is 8.98. The van der Waals surface area contributed by atoms with E-state index in [1.807, 2.05) is 0 Å². The van der Waals surface area contributed by atoms with Gasteiger partial charge in [-0.2, -0.15) is 0 Å². The summed E-state index contributed by atoms with van der Waals surface area (Å²) in [6, 6.07) is 0. The van der Waals surface area contributed by atoms with E-state index in [2.05, 4.69) is 4.99 Å². The molecule has 0 spiro atoms. The van der Waals surface area contributed by atoms with Gasteiger partial charge in [-0.05, 0) is 6.42 Å². The third-order valence-electron chi connectivity index (χ3n) is 2.37. The molecule has 2 unspecified atom stereocenters. The van der Waals surface area contributed by atoms with E-state index in [-0.39, 0.29) is 5.92 Å². The van der Waals surface area contributed by atoms with Crippen molar-refractivity contribution in [3.05, 3.63) is 0 Å². The maximum atomic E-state index is 11.4. The standard InChI is InChI=1S/C6H10N2O2S2/c1-12(9,10)6-2-4(6)3-8-5(7)11-6/h4H,2-3H2,1H3,(H2,7,8). The Labute approximate surface area is 75.5 Å². The van der Waals surface area contributed by atoms with Gasteiger partial charge in [-0.1, -0.05) is 11.8 Å². The molecule has 2 rings (SSSR count). The van der Waals surface area contributed by atoms with Crippen molar-refractivity contribution >= 4 is 26.8 Å². The molecule has 4 nitrogen and oxygen atoms in total. The van der Waals surface area contributed by atoms with E-state index in [0.717, 1.165) is 0 Å². The summed E-state index contributed by atoms with van der Waals surface area (Å²) in [5.41, 5.74) is 5.48. The smallest absolute Gasteiger partial charge is 0.163 e. The molecule has 0 amide bonds. The molecule has 12 heavy (non-hydrogen) atoms. The molecule has 0 saturated heterocycles. The van der Waals surface area contributed by atoms with Gasteiger partial charge in [0.25, 0.3) is 0 Å². The molecule has 2 aliphatic rings. The average Bonchev–Trinajstić information content (AvgIpc) is 2.60. The Bertz CT molecular complexity index is 349. The van der Waals surface area contributed by atoms with Gasteiger partial charge in [-0.15, -0.1) is 0 Å². The predicted octanol–water partition coefficient (Wildman–Crippen LogP) is -0.191. The lowest BCUT2D eigenvalue weighted by molar-refractivity contribution is 0.594. The van der Waals surface area contributed by atoms with Gasteiger partial charge in [0.2, 0.25) is 0 Å². The van der Waals surface area contributed by atoms with Gasteiger partial charge in [0.15, 0.2) is 15.0 Å². The second-order valence-corrected chi connectivity index (χ2v) is 7.15. The van der Waals surface area contributed by atoms with Crippen LogP contribution < -0.4 is 5.73 Å². The number of nitrogens with two attached hydrogens (primary N) is 1. The lowest BCUT2D eigenvalue weighted by atomic mass is 10.4. The molecule has 0 aromatic heterocycles. The molecule has 1 heterocycles. The van der Waals surface area contributed by atoms with Crippen molar-refractivity contribution in [2.24, 2.45) is 16.6 Å². The van der Waals surface area contributed by atoms with E-state index in [0.29, 0.717) is 18.1 Å². The number of aliphatic imine (C=N–C) groups is 1. The van der Waals surface area contributed by atoms with Crippen LogP contribution >= 0.6 is 11.8 Å². The molecule has 0 radical (unpaired) electrons. The van der Waals surface area contributed by atoms with Gasteiger partial charge in [0, 0.05) is 18.7 Å². The molecule has 0 aromatic carbocycles. The summed E-state index contributed by atoms with van der Waals surface area (Å²) in [5.74, 6) is 0.199. The molecule has 1 aliphatic carbocycles. The van der Waals surface area contributed by atoms with Crippen LogP contribution in [0.1, 0.15) is 6.42 Å². The molecular weight excluding hydrogens is 196 g/mol. The third-order valence-corrected chi connectivity index (χ3v) is 6.46. The number of nitrogens with zero attached hydrogens (tertiary/aromatic N) is 1. The first-order valence-corrected chi connectivity index (χ1v) is 6.35. The summed E-state index contributed by atoms with van der Waals surface area (Å²) in [6.07, 6.45) is 1.99. The lowest BCUT2D eigenvalue weighted by Gasteiger charge is -2.17. The minimum atomic E-state index is -2.98. The zero-order valence-electron chi connectivity index (χ0n) is 6.65. The molecule has 6 heteroatoms. The van der Waals surface area contributed by atoms with Crippen molar-refractivity contribution < 1.29 is 8.42 Å². The monoisotopic (exact) mass is 206 g/mol. The molecule has 1 fully saturated rings. The second-order valence-electron chi connectivity index (χ2n) is 3.27. The highest BCUT2D eigenvalue weighted by Crippen LogP contribution is 2.59. The van der Waals surface area contributed by atoms with Crippen molar-refractivity contribution in [2.45, 2.75) is 10.5 Å². The third kappa shape index (κ3) is 0.974. The normalized spacial score (nSPS) is 40.1. The molecule has 0 aromatic rings. The number of fused-ring (bicyclic) bond motifs is 1. The minimum absolute atomic E-state index is 0.199. The van der Waals surface area contributed by atoms with Crippen LogP contribution in [0.3, 0.4) is 0 Å². The summed E-state index contributed by atoms with van der Waals surface area (Å²) in [4.78, 5) is 4.00. The fourth-order valence-corrected chi connectivity index (χ4v) is 4.62. The molecule has 2 N–H and O–H groups in total. The van der Waals surface area contributed by atoms with E-state index >= 15 is 0 Å². The summed E-state index contributed by atoms with van der Waals surface area (Å²) in [7, 11) is -2.98. The SMILES string of the molecule is CS(=O)(=O)C12CC1CN=C(N)S2.